The third kappa shape index (κ3) is 3.29. The van der Waals surface area contributed by atoms with Gasteiger partial charge >= 0.3 is 0 Å². The lowest BCUT2D eigenvalue weighted by Crippen LogP contribution is -3.00. The molecule has 1 heterocycles. The SMILES string of the molecule is C=C(C[n+]1ccsc1)c1ccccc1.[Br-]. The van der Waals surface area contributed by atoms with E-state index >= 15 is 0 Å². The normalized spacial score (nSPS) is 9.33. The summed E-state index contributed by atoms with van der Waals surface area (Å²) >= 11 is 1.70. The number of thiazole rings is 1. The molecular formula is C12H12BrNS. The van der Waals surface area contributed by atoms with Crippen molar-refractivity contribution in [2.75, 3.05) is 0 Å². The molecule has 0 aliphatic rings. The minimum atomic E-state index is 0. The fourth-order valence-electron chi connectivity index (χ4n) is 1.34. The van der Waals surface area contributed by atoms with Gasteiger partial charge in [0.15, 0.2) is 12.7 Å². The molecule has 0 saturated carbocycles. The first-order valence-corrected chi connectivity index (χ1v) is 5.45. The second-order valence-corrected chi connectivity index (χ2v) is 3.92. The molecule has 2 aromatic rings. The highest BCUT2D eigenvalue weighted by Crippen LogP contribution is 2.11. The van der Waals surface area contributed by atoms with E-state index < -0.39 is 0 Å². The first-order valence-electron chi connectivity index (χ1n) is 4.51. The summed E-state index contributed by atoms with van der Waals surface area (Å²) in [6.45, 7) is 4.95. The Hall–Kier alpha value is -0.930. The third-order valence-electron chi connectivity index (χ3n) is 2.08. The van der Waals surface area contributed by atoms with Gasteiger partial charge in [-0.3, -0.25) is 0 Å². The summed E-state index contributed by atoms with van der Waals surface area (Å²) in [5.41, 5.74) is 4.45. The van der Waals surface area contributed by atoms with Crippen LogP contribution < -0.4 is 21.5 Å². The Kier molecular flexibility index (Phi) is 4.72. The molecule has 0 spiro atoms. The molecule has 2 rings (SSSR count). The first-order chi connectivity index (χ1) is 6.86. The summed E-state index contributed by atoms with van der Waals surface area (Å²) in [4.78, 5) is 0. The Balaban J connectivity index is 0.00000112. The molecule has 0 unspecified atom stereocenters. The van der Waals surface area contributed by atoms with Gasteiger partial charge in [-0.05, 0) is 5.56 Å². The van der Waals surface area contributed by atoms with Gasteiger partial charge in [-0.25, -0.2) is 0 Å². The smallest absolute Gasteiger partial charge is 0.224 e. The van der Waals surface area contributed by atoms with Gasteiger partial charge in [0, 0.05) is 5.57 Å². The minimum Gasteiger partial charge on any atom is -1.00 e. The van der Waals surface area contributed by atoms with Gasteiger partial charge in [-0.15, -0.1) is 0 Å². The molecule has 0 radical (unpaired) electrons. The molecule has 0 amide bonds. The van der Waals surface area contributed by atoms with Crippen molar-refractivity contribution in [1.82, 2.24) is 0 Å². The van der Waals surface area contributed by atoms with Crippen molar-refractivity contribution in [2.24, 2.45) is 0 Å². The van der Waals surface area contributed by atoms with Crippen LogP contribution in [0.1, 0.15) is 5.56 Å². The van der Waals surface area contributed by atoms with Crippen molar-refractivity contribution in [3.8, 4) is 0 Å². The van der Waals surface area contributed by atoms with Crippen LogP contribution in [-0.2, 0) is 6.54 Å². The molecule has 0 aliphatic heterocycles. The second-order valence-electron chi connectivity index (χ2n) is 3.17. The van der Waals surface area contributed by atoms with E-state index in [2.05, 4.69) is 40.4 Å². The van der Waals surface area contributed by atoms with Gasteiger partial charge in [0.1, 0.15) is 0 Å². The van der Waals surface area contributed by atoms with E-state index in [0.717, 1.165) is 12.1 Å². The van der Waals surface area contributed by atoms with E-state index in [9.17, 15) is 0 Å². The van der Waals surface area contributed by atoms with Gasteiger partial charge in [-0.1, -0.05) is 48.2 Å². The predicted octanol–water partition coefficient (Wildman–Crippen LogP) is -0.247. The van der Waals surface area contributed by atoms with E-state index in [4.69, 9.17) is 0 Å². The summed E-state index contributed by atoms with van der Waals surface area (Å²) in [5.74, 6) is 0. The molecule has 78 valence electrons. The van der Waals surface area contributed by atoms with Gasteiger partial charge in [0.05, 0.1) is 5.38 Å². The maximum atomic E-state index is 4.08. The topological polar surface area (TPSA) is 3.88 Å². The molecular weight excluding hydrogens is 270 g/mol. The summed E-state index contributed by atoms with van der Waals surface area (Å²) in [6.07, 6.45) is 2.07. The summed E-state index contributed by atoms with van der Waals surface area (Å²) < 4.78 is 2.14. The van der Waals surface area contributed by atoms with E-state index in [1.165, 1.54) is 5.56 Å². The molecule has 0 fully saturated rings. The van der Waals surface area contributed by atoms with Crippen molar-refractivity contribution < 1.29 is 21.5 Å². The molecule has 0 saturated heterocycles. The molecule has 0 atom stereocenters. The average molecular weight is 282 g/mol. The lowest BCUT2D eigenvalue weighted by Gasteiger charge is -1.99. The zero-order valence-electron chi connectivity index (χ0n) is 8.27. The van der Waals surface area contributed by atoms with Crippen LogP contribution in [0.5, 0.6) is 0 Å². The van der Waals surface area contributed by atoms with E-state index in [0.29, 0.717) is 0 Å². The van der Waals surface area contributed by atoms with Crippen molar-refractivity contribution in [2.45, 2.75) is 6.54 Å². The van der Waals surface area contributed by atoms with Crippen molar-refractivity contribution in [1.29, 1.82) is 0 Å². The Labute approximate surface area is 104 Å². The fraction of sp³-hybridized carbons (Fsp3) is 0.0833. The quantitative estimate of drug-likeness (QED) is 0.684. The van der Waals surface area contributed by atoms with Crippen molar-refractivity contribution in [3.63, 3.8) is 0 Å². The Bertz CT molecular complexity index is 408. The summed E-state index contributed by atoms with van der Waals surface area (Å²) in [5, 5.41) is 2.07. The second kappa shape index (κ2) is 5.83. The van der Waals surface area contributed by atoms with Crippen LogP contribution >= 0.6 is 11.3 Å². The number of rotatable bonds is 3. The molecule has 0 bridgehead atoms. The largest absolute Gasteiger partial charge is 1.00 e. The lowest BCUT2D eigenvalue weighted by atomic mass is 10.1. The molecule has 1 aromatic heterocycles. The Morgan fingerprint density at radius 3 is 2.60 bits per heavy atom. The van der Waals surface area contributed by atoms with E-state index in [1.54, 1.807) is 11.3 Å². The zero-order chi connectivity index (χ0) is 9.80. The first kappa shape index (κ1) is 12.1. The monoisotopic (exact) mass is 281 g/mol. The number of hydrogen-bond donors (Lipinski definition) is 0. The Morgan fingerprint density at radius 1 is 1.27 bits per heavy atom. The van der Waals surface area contributed by atoms with Crippen LogP contribution in [0.3, 0.4) is 0 Å². The van der Waals surface area contributed by atoms with Gasteiger partial charge in [0.25, 0.3) is 0 Å². The van der Waals surface area contributed by atoms with Crippen LogP contribution in [0.2, 0.25) is 0 Å². The van der Waals surface area contributed by atoms with Crippen molar-refractivity contribution >= 4 is 16.9 Å². The van der Waals surface area contributed by atoms with Crippen LogP contribution in [0.25, 0.3) is 5.57 Å². The number of aromatic nitrogens is 1. The molecule has 15 heavy (non-hydrogen) atoms. The molecule has 3 heteroatoms. The van der Waals surface area contributed by atoms with Crippen LogP contribution in [0.15, 0.2) is 54.0 Å². The standard InChI is InChI=1S/C12H12NS.BrH/c1-11(9-13-7-8-14-10-13)12-5-3-2-4-6-12;/h2-8,10H,1,9H2;1H/q+1;/p-1. The van der Waals surface area contributed by atoms with E-state index in [-0.39, 0.29) is 17.0 Å². The maximum absolute atomic E-state index is 4.08. The highest BCUT2D eigenvalue weighted by molar-refractivity contribution is 7.07. The summed E-state index contributed by atoms with van der Waals surface area (Å²) in [6, 6.07) is 10.3. The highest BCUT2D eigenvalue weighted by atomic mass is 79.9. The predicted molar refractivity (Wildman–Crippen MR) is 60.0 cm³/mol. The number of nitrogens with zero attached hydrogens (tertiary/aromatic N) is 1. The molecule has 0 N–H and O–H groups in total. The van der Waals surface area contributed by atoms with Gasteiger partial charge < -0.3 is 17.0 Å². The van der Waals surface area contributed by atoms with Gasteiger partial charge in [-0.2, -0.15) is 4.57 Å². The molecule has 0 aliphatic carbocycles. The highest BCUT2D eigenvalue weighted by Gasteiger charge is 2.04. The van der Waals surface area contributed by atoms with Crippen LogP contribution in [0, 0.1) is 0 Å². The van der Waals surface area contributed by atoms with E-state index in [1.807, 2.05) is 18.2 Å². The van der Waals surface area contributed by atoms with Gasteiger partial charge in [0.2, 0.25) is 5.51 Å². The number of hydrogen-bond acceptors (Lipinski definition) is 1. The van der Waals surface area contributed by atoms with Crippen LogP contribution in [-0.4, -0.2) is 0 Å². The Morgan fingerprint density at radius 2 is 2.00 bits per heavy atom. The molecule has 1 nitrogen and oxygen atoms in total. The minimum absolute atomic E-state index is 0. The number of halogens is 1. The number of allylic oxidation sites excluding steroid dienone is 1. The maximum Gasteiger partial charge on any atom is 0.224 e. The lowest BCUT2D eigenvalue weighted by molar-refractivity contribution is -0.679. The summed E-state index contributed by atoms with van der Waals surface area (Å²) in [7, 11) is 0. The zero-order valence-corrected chi connectivity index (χ0v) is 10.7. The fourth-order valence-corrected chi connectivity index (χ4v) is 1.94. The third-order valence-corrected chi connectivity index (χ3v) is 2.75. The molecule has 1 aromatic carbocycles. The number of benzene rings is 1. The average Bonchev–Trinajstić information content (AvgIpc) is 2.72. The van der Waals surface area contributed by atoms with Crippen molar-refractivity contribution in [3.05, 3.63) is 59.6 Å². The van der Waals surface area contributed by atoms with Crippen LogP contribution in [0.4, 0.5) is 0 Å².